The Morgan fingerprint density at radius 3 is 2.73 bits per heavy atom. The molecule has 2 N–H and O–H groups in total. The molecule has 0 aliphatic carbocycles. The molecule has 0 fully saturated rings. The topological polar surface area (TPSA) is 111 Å². The highest BCUT2D eigenvalue weighted by Gasteiger charge is 2.33. The van der Waals surface area contributed by atoms with Crippen molar-refractivity contribution in [2.75, 3.05) is 12.4 Å². The number of allylic oxidation sites excluding steroid dienone is 1. The number of methoxy groups -OCH3 is 1. The van der Waals surface area contributed by atoms with Crippen LogP contribution in [0.25, 0.3) is 6.08 Å². The van der Waals surface area contributed by atoms with Gasteiger partial charge in [-0.15, -0.1) is 0 Å². The maximum absolute atomic E-state index is 13.8. The Morgan fingerprint density at radius 1 is 1.22 bits per heavy atom. The van der Waals surface area contributed by atoms with E-state index in [1.54, 1.807) is 48.1 Å². The summed E-state index contributed by atoms with van der Waals surface area (Å²) in [6, 6.07) is 15.0. The van der Waals surface area contributed by atoms with Gasteiger partial charge in [0.05, 0.1) is 34.6 Å². The summed E-state index contributed by atoms with van der Waals surface area (Å²) in [5, 5.41) is 17.4. The zero-order valence-electron chi connectivity index (χ0n) is 20.5. The van der Waals surface area contributed by atoms with Crippen molar-refractivity contribution in [3.8, 4) is 11.5 Å². The van der Waals surface area contributed by atoms with Crippen molar-refractivity contribution in [1.82, 2.24) is 14.3 Å². The molecule has 0 saturated heterocycles. The highest BCUT2D eigenvalue weighted by molar-refractivity contribution is 7.07. The maximum atomic E-state index is 13.8. The van der Waals surface area contributed by atoms with Crippen LogP contribution in [0, 0.1) is 0 Å². The minimum absolute atomic E-state index is 0.0394. The first-order valence-corrected chi connectivity index (χ1v) is 12.5. The van der Waals surface area contributed by atoms with Gasteiger partial charge in [-0.3, -0.25) is 18.8 Å². The number of ether oxygens (including phenoxy) is 1. The lowest BCUT2D eigenvalue weighted by Gasteiger charge is -2.25. The first kappa shape index (κ1) is 24.3. The van der Waals surface area contributed by atoms with Crippen LogP contribution in [0.15, 0.2) is 81.9 Å². The number of aromatic hydroxyl groups is 1. The summed E-state index contributed by atoms with van der Waals surface area (Å²) in [5.41, 5.74) is 2.58. The van der Waals surface area contributed by atoms with Crippen molar-refractivity contribution in [2.24, 2.45) is 4.99 Å². The molecule has 4 aromatic rings. The number of aryl methyl sites for hydroxylation is 1. The van der Waals surface area contributed by atoms with Crippen molar-refractivity contribution < 1.29 is 14.6 Å². The van der Waals surface area contributed by atoms with Crippen LogP contribution in [0.2, 0.25) is 0 Å². The van der Waals surface area contributed by atoms with E-state index in [0.717, 1.165) is 5.69 Å². The highest BCUT2D eigenvalue weighted by atomic mass is 32.1. The van der Waals surface area contributed by atoms with E-state index >= 15 is 0 Å². The van der Waals surface area contributed by atoms with Gasteiger partial charge in [0.25, 0.3) is 11.5 Å². The molecular formula is C27H25N5O4S. The molecule has 1 aliphatic heterocycles. The second kappa shape index (κ2) is 9.90. The maximum Gasteiger partial charge on any atom is 0.271 e. The van der Waals surface area contributed by atoms with Gasteiger partial charge in [0, 0.05) is 18.4 Å². The predicted octanol–water partition coefficient (Wildman–Crippen LogP) is 2.80. The number of thiazole rings is 1. The molecule has 1 amide bonds. The van der Waals surface area contributed by atoms with E-state index in [1.807, 2.05) is 31.2 Å². The van der Waals surface area contributed by atoms with E-state index in [9.17, 15) is 14.7 Å². The van der Waals surface area contributed by atoms with E-state index in [2.05, 4.69) is 15.4 Å². The van der Waals surface area contributed by atoms with E-state index < -0.39 is 6.04 Å². The number of benzene rings is 2. The number of hydrogen-bond acceptors (Lipinski definition) is 7. The van der Waals surface area contributed by atoms with Crippen molar-refractivity contribution in [1.29, 1.82) is 0 Å². The van der Waals surface area contributed by atoms with Crippen LogP contribution in [-0.4, -0.2) is 32.5 Å². The van der Waals surface area contributed by atoms with Crippen LogP contribution < -0.4 is 24.9 Å². The molecule has 9 nitrogen and oxygen atoms in total. The fraction of sp³-hybridized carbons (Fsp3) is 0.185. The Kier molecular flexibility index (Phi) is 6.49. The monoisotopic (exact) mass is 515 g/mol. The molecule has 2 aromatic heterocycles. The van der Waals surface area contributed by atoms with E-state index in [4.69, 9.17) is 4.74 Å². The third-order valence-corrected chi connectivity index (χ3v) is 7.13. The molecule has 188 valence electrons. The summed E-state index contributed by atoms with van der Waals surface area (Å²) in [4.78, 5) is 32.5. The summed E-state index contributed by atoms with van der Waals surface area (Å²) in [7, 11) is 1.45. The quantitative estimate of drug-likeness (QED) is 0.410. The fourth-order valence-electron chi connectivity index (χ4n) is 4.38. The Bertz CT molecular complexity index is 1700. The van der Waals surface area contributed by atoms with Gasteiger partial charge in [0.2, 0.25) is 0 Å². The SMILES string of the molecule is CCn1nccc1C=c1sc2n(c1=O)C(c1ccc(O)c(OC)c1)C(C(=O)Nc1ccccc1)=C(C)N=2. The second-order valence-electron chi connectivity index (χ2n) is 8.41. The van der Waals surface area contributed by atoms with Gasteiger partial charge in [-0.2, -0.15) is 5.10 Å². The first-order chi connectivity index (χ1) is 17.9. The third kappa shape index (κ3) is 4.47. The Balaban J connectivity index is 1.71. The van der Waals surface area contributed by atoms with E-state index in [0.29, 0.717) is 38.4 Å². The molecule has 0 spiro atoms. The van der Waals surface area contributed by atoms with Crippen molar-refractivity contribution in [2.45, 2.75) is 26.4 Å². The van der Waals surface area contributed by atoms with Crippen molar-refractivity contribution in [3.63, 3.8) is 0 Å². The number of phenols is 1. The summed E-state index contributed by atoms with van der Waals surface area (Å²) in [6.45, 7) is 4.40. The number of anilines is 1. The normalized spacial score (nSPS) is 15.3. The van der Waals surface area contributed by atoms with Crippen molar-refractivity contribution >= 4 is 29.0 Å². The molecule has 1 unspecified atom stereocenters. The molecule has 5 rings (SSSR count). The molecule has 0 radical (unpaired) electrons. The predicted molar refractivity (Wildman–Crippen MR) is 141 cm³/mol. The smallest absolute Gasteiger partial charge is 0.271 e. The number of para-hydroxylation sites is 1. The standard InChI is InChI=1S/C27H25N5O4S/c1-4-31-19(12-13-28-31)15-22-26(35)32-24(17-10-11-20(33)21(14-17)36-3)23(16(2)29-27(32)37-22)25(34)30-18-8-6-5-7-9-18/h5-15,24,33H,4H2,1-3H3,(H,30,34). The number of phenolic OH excluding ortho intramolecular Hbond substituents is 1. The van der Waals surface area contributed by atoms with Gasteiger partial charge in [-0.05, 0) is 55.8 Å². The van der Waals surface area contributed by atoms with Crippen molar-refractivity contribution in [3.05, 3.63) is 103 Å². The minimum Gasteiger partial charge on any atom is -0.504 e. The second-order valence-corrected chi connectivity index (χ2v) is 9.41. The first-order valence-electron chi connectivity index (χ1n) is 11.7. The fourth-order valence-corrected chi connectivity index (χ4v) is 5.41. The Labute approximate surface area is 216 Å². The summed E-state index contributed by atoms with van der Waals surface area (Å²) >= 11 is 1.25. The number of rotatable bonds is 6. The molecule has 0 saturated carbocycles. The zero-order chi connectivity index (χ0) is 26.1. The average molecular weight is 516 g/mol. The number of amides is 1. The Hall–Kier alpha value is -4.44. The molecule has 37 heavy (non-hydrogen) atoms. The third-order valence-electron chi connectivity index (χ3n) is 6.15. The number of nitrogens with zero attached hydrogens (tertiary/aromatic N) is 4. The summed E-state index contributed by atoms with van der Waals surface area (Å²) < 4.78 is 9.12. The number of fused-ring (bicyclic) bond motifs is 1. The highest BCUT2D eigenvalue weighted by Crippen LogP contribution is 2.35. The van der Waals surface area contributed by atoms with Crippen LogP contribution in [0.5, 0.6) is 11.5 Å². The summed E-state index contributed by atoms with van der Waals surface area (Å²) in [6.07, 6.45) is 3.48. The van der Waals surface area contributed by atoms with Gasteiger partial charge in [0.15, 0.2) is 16.3 Å². The lowest BCUT2D eigenvalue weighted by Crippen LogP contribution is -2.40. The van der Waals surface area contributed by atoms with Gasteiger partial charge < -0.3 is 15.2 Å². The number of aromatic nitrogens is 3. The number of carbonyl (C=O) groups excluding carboxylic acids is 1. The van der Waals surface area contributed by atoms with Crippen LogP contribution in [0.4, 0.5) is 5.69 Å². The minimum atomic E-state index is -0.785. The van der Waals surface area contributed by atoms with Gasteiger partial charge >= 0.3 is 0 Å². The Morgan fingerprint density at radius 2 is 2.00 bits per heavy atom. The molecule has 0 bridgehead atoms. The van der Waals surface area contributed by atoms with Crippen LogP contribution in [0.1, 0.15) is 31.1 Å². The zero-order valence-corrected chi connectivity index (χ0v) is 21.3. The number of hydrogen-bond donors (Lipinski definition) is 2. The molecular weight excluding hydrogens is 490 g/mol. The average Bonchev–Trinajstić information content (AvgIpc) is 3.47. The summed E-state index contributed by atoms with van der Waals surface area (Å²) in [5.74, 6) is -0.172. The number of carbonyl (C=O) groups is 1. The van der Waals surface area contributed by atoms with Gasteiger partial charge in [-0.1, -0.05) is 35.6 Å². The van der Waals surface area contributed by atoms with E-state index in [1.165, 1.54) is 29.1 Å². The lowest BCUT2D eigenvalue weighted by molar-refractivity contribution is -0.113. The van der Waals surface area contributed by atoms with Gasteiger partial charge in [-0.25, -0.2) is 4.99 Å². The largest absolute Gasteiger partial charge is 0.504 e. The van der Waals surface area contributed by atoms with Crippen LogP contribution in [-0.2, 0) is 11.3 Å². The number of nitrogens with one attached hydrogen (secondary N) is 1. The molecule has 1 atom stereocenters. The molecule has 2 aromatic carbocycles. The van der Waals surface area contributed by atoms with E-state index in [-0.39, 0.29) is 23.0 Å². The van der Waals surface area contributed by atoms with Crippen LogP contribution >= 0.6 is 11.3 Å². The molecule has 3 heterocycles. The molecule has 1 aliphatic rings. The van der Waals surface area contributed by atoms with Gasteiger partial charge in [0.1, 0.15) is 0 Å². The molecule has 10 heteroatoms. The lowest BCUT2D eigenvalue weighted by atomic mass is 9.94. The van der Waals surface area contributed by atoms with Crippen LogP contribution in [0.3, 0.4) is 0 Å².